The van der Waals surface area contributed by atoms with Gasteiger partial charge in [-0.3, -0.25) is 0 Å². The molecule has 0 heterocycles. The van der Waals surface area contributed by atoms with E-state index in [4.69, 9.17) is 13.3 Å². The van der Waals surface area contributed by atoms with Crippen molar-refractivity contribution in [2.75, 3.05) is 19.8 Å². The highest BCUT2D eigenvalue weighted by Crippen LogP contribution is 2.32. The molecule has 160 valence electrons. The van der Waals surface area contributed by atoms with Crippen LogP contribution in [0.3, 0.4) is 0 Å². The van der Waals surface area contributed by atoms with Gasteiger partial charge in [0.15, 0.2) is 0 Å². The van der Waals surface area contributed by atoms with Crippen molar-refractivity contribution < 1.29 is 26.4 Å². The predicted molar refractivity (Wildman–Crippen MR) is 111 cm³/mol. The molecule has 2 aromatic carbocycles. The molecule has 0 aromatic heterocycles. The summed E-state index contributed by atoms with van der Waals surface area (Å²) >= 11 is 0. The van der Waals surface area contributed by atoms with Gasteiger partial charge in [0, 0.05) is 25.0 Å². The van der Waals surface area contributed by atoms with Crippen LogP contribution in [0.5, 0.6) is 0 Å². The third-order valence-corrected chi connectivity index (χ3v) is 7.04. The standard InChI is InChI=1S/C22H29F3O3Si/c1-4-14-26-29(27-15-5-2,28-16-6-3)21-12-10-18(11-13-21)19-8-7-9-20(17-19)22(23,24)25/h7-13,17H,4-6,14-16H2,1-3H3. The predicted octanol–water partition coefficient (Wildman–Crippen LogP) is 5.80. The minimum Gasteiger partial charge on any atom is -0.370 e. The molecule has 0 amide bonds. The Hall–Kier alpha value is -1.67. The molecule has 0 N–H and O–H groups in total. The van der Waals surface area contributed by atoms with Crippen molar-refractivity contribution in [1.29, 1.82) is 0 Å². The zero-order valence-electron chi connectivity index (χ0n) is 17.2. The number of hydrogen-bond acceptors (Lipinski definition) is 3. The molecule has 2 aromatic rings. The van der Waals surface area contributed by atoms with Gasteiger partial charge in [0.05, 0.1) is 5.56 Å². The maximum Gasteiger partial charge on any atom is 0.537 e. The average Bonchev–Trinajstić information content (AvgIpc) is 2.73. The summed E-state index contributed by atoms with van der Waals surface area (Å²) in [6, 6.07) is 12.6. The first-order chi connectivity index (χ1) is 13.9. The van der Waals surface area contributed by atoms with Crippen LogP contribution in [0.1, 0.15) is 45.6 Å². The van der Waals surface area contributed by atoms with Crippen molar-refractivity contribution in [2.24, 2.45) is 0 Å². The summed E-state index contributed by atoms with van der Waals surface area (Å²) in [5, 5.41) is 0.823. The number of halogens is 3. The molecule has 0 spiro atoms. The molecular formula is C22H29F3O3Si. The van der Waals surface area contributed by atoms with E-state index in [1.165, 1.54) is 6.07 Å². The molecule has 0 fully saturated rings. The van der Waals surface area contributed by atoms with Crippen LogP contribution in [0.4, 0.5) is 13.2 Å². The first-order valence-corrected chi connectivity index (χ1v) is 11.8. The average molecular weight is 427 g/mol. The highest BCUT2D eigenvalue weighted by Gasteiger charge is 2.43. The molecule has 0 aliphatic rings. The Morgan fingerprint density at radius 3 is 1.69 bits per heavy atom. The highest BCUT2D eigenvalue weighted by atomic mass is 28.4. The van der Waals surface area contributed by atoms with Gasteiger partial charge in [-0.25, -0.2) is 0 Å². The van der Waals surface area contributed by atoms with Crippen molar-refractivity contribution in [3.05, 3.63) is 54.1 Å². The molecule has 0 radical (unpaired) electrons. The molecule has 0 bridgehead atoms. The minimum atomic E-state index is -4.37. The molecule has 3 nitrogen and oxygen atoms in total. The summed E-state index contributed by atoms with van der Waals surface area (Å²) < 4.78 is 57.4. The first kappa shape index (κ1) is 23.6. The molecular weight excluding hydrogens is 397 g/mol. The summed E-state index contributed by atoms with van der Waals surface area (Å²) in [5.74, 6) is 0. The topological polar surface area (TPSA) is 27.7 Å². The van der Waals surface area contributed by atoms with Gasteiger partial charge >= 0.3 is 15.0 Å². The maximum absolute atomic E-state index is 13.0. The molecule has 0 saturated heterocycles. The quantitative estimate of drug-likeness (QED) is 0.425. The van der Waals surface area contributed by atoms with E-state index in [1.807, 2.05) is 32.9 Å². The molecule has 0 saturated carbocycles. The maximum atomic E-state index is 13.0. The lowest BCUT2D eigenvalue weighted by Crippen LogP contribution is -2.57. The molecule has 2 rings (SSSR count). The van der Waals surface area contributed by atoms with Gasteiger partial charge in [-0.15, -0.1) is 0 Å². The lowest BCUT2D eigenvalue weighted by molar-refractivity contribution is -0.137. The van der Waals surface area contributed by atoms with E-state index in [1.54, 1.807) is 18.2 Å². The van der Waals surface area contributed by atoms with E-state index in [0.29, 0.717) is 30.9 Å². The Balaban J connectivity index is 2.36. The highest BCUT2D eigenvalue weighted by molar-refractivity contribution is 6.75. The van der Waals surface area contributed by atoms with Crippen molar-refractivity contribution >= 4 is 14.0 Å². The minimum absolute atomic E-state index is 0.511. The number of hydrogen-bond donors (Lipinski definition) is 0. The fraction of sp³-hybridized carbons (Fsp3) is 0.455. The summed E-state index contributed by atoms with van der Waals surface area (Å²) in [5.41, 5.74) is 0.549. The van der Waals surface area contributed by atoms with Crippen molar-refractivity contribution in [1.82, 2.24) is 0 Å². The van der Waals surface area contributed by atoms with E-state index in [2.05, 4.69) is 0 Å². The van der Waals surface area contributed by atoms with E-state index in [-0.39, 0.29) is 0 Å². The van der Waals surface area contributed by atoms with E-state index in [9.17, 15) is 13.2 Å². The molecule has 29 heavy (non-hydrogen) atoms. The zero-order chi connectivity index (χ0) is 21.3. The molecule has 0 aliphatic heterocycles. The van der Waals surface area contributed by atoms with Gasteiger partial charge in [0.2, 0.25) is 0 Å². The normalized spacial score (nSPS) is 12.3. The van der Waals surface area contributed by atoms with Gasteiger partial charge in [0.25, 0.3) is 0 Å². The van der Waals surface area contributed by atoms with Gasteiger partial charge in [-0.1, -0.05) is 57.2 Å². The third kappa shape index (κ3) is 6.40. The molecule has 0 unspecified atom stereocenters. The van der Waals surface area contributed by atoms with Crippen molar-refractivity contribution in [3.8, 4) is 11.1 Å². The Morgan fingerprint density at radius 2 is 1.24 bits per heavy atom. The van der Waals surface area contributed by atoms with Crippen LogP contribution in [0.15, 0.2) is 48.5 Å². The fourth-order valence-electron chi connectivity index (χ4n) is 2.83. The molecule has 0 atom stereocenters. The van der Waals surface area contributed by atoms with Crippen molar-refractivity contribution in [3.63, 3.8) is 0 Å². The SMILES string of the molecule is CCCO[Si](OCCC)(OCCC)c1ccc(-c2cccc(C(F)(F)F)c2)cc1. The number of rotatable bonds is 11. The van der Waals surface area contributed by atoms with Crippen LogP contribution in [-0.2, 0) is 19.5 Å². The Bertz CT molecular complexity index is 726. The third-order valence-electron chi connectivity index (χ3n) is 4.25. The van der Waals surface area contributed by atoms with Gasteiger partial charge < -0.3 is 13.3 Å². The summed E-state index contributed by atoms with van der Waals surface area (Å²) in [6.07, 6.45) is -1.86. The lowest BCUT2D eigenvalue weighted by Gasteiger charge is -2.30. The van der Waals surface area contributed by atoms with Crippen LogP contribution >= 0.6 is 0 Å². The van der Waals surface area contributed by atoms with Crippen LogP contribution in [0.25, 0.3) is 11.1 Å². The second kappa shape index (κ2) is 10.9. The van der Waals surface area contributed by atoms with Crippen LogP contribution < -0.4 is 5.19 Å². The Morgan fingerprint density at radius 1 is 0.724 bits per heavy atom. The zero-order valence-corrected chi connectivity index (χ0v) is 18.2. The van der Waals surface area contributed by atoms with E-state index in [0.717, 1.165) is 36.6 Å². The van der Waals surface area contributed by atoms with Crippen LogP contribution in [-0.4, -0.2) is 28.6 Å². The molecule has 0 aliphatic carbocycles. The summed E-state index contributed by atoms with van der Waals surface area (Å²) in [4.78, 5) is 0. The number of alkyl halides is 3. The smallest absolute Gasteiger partial charge is 0.370 e. The van der Waals surface area contributed by atoms with E-state index < -0.39 is 20.5 Å². The molecule has 7 heteroatoms. The van der Waals surface area contributed by atoms with Crippen LogP contribution in [0, 0.1) is 0 Å². The monoisotopic (exact) mass is 426 g/mol. The fourth-order valence-corrected chi connectivity index (χ4v) is 5.57. The summed E-state index contributed by atoms with van der Waals surface area (Å²) in [7, 11) is -3.08. The summed E-state index contributed by atoms with van der Waals surface area (Å²) in [6.45, 7) is 7.64. The Kier molecular flexibility index (Phi) is 8.89. The number of benzene rings is 2. The van der Waals surface area contributed by atoms with Crippen molar-refractivity contribution in [2.45, 2.75) is 46.2 Å². The second-order valence-corrected chi connectivity index (χ2v) is 9.31. The largest absolute Gasteiger partial charge is 0.537 e. The van der Waals surface area contributed by atoms with Gasteiger partial charge in [-0.2, -0.15) is 13.2 Å². The van der Waals surface area contributed by atoms with Gasteiger partial charge in [0.1, 0.15) is 0 Å². The Labute approximate surface area is 172 Å². The van der Waals surface area contributed by atoms with Crippen LogP contribution in [0.2, 0.25) is 0 Å². The second-order valence-electron chi connectivity index (χ2n) is 6.76. The lowest BCUT2D eigenvalue weighted by atomic mass is 10.0. The van der Waals surface area contributed by atoms with E-state index >= 15 is 0 Å². The first-order valence-electron chi connectivity index (χ1n) is 10.1. The van der Waals surface area contributed by atoms with Gasteiger partial charge in [-0.05, 0) is 42.5 Å².